The number of H-pyrrole nitrogens is 1. The fourth-order valence-corrected chi connectivity index (χ4v) is 2.65. The summed E-state index contributed by atoms with van der Waals surface area (Å²) in [5, 5.41) is 9.89. The van der Waals surface area contributed by atoms with Crippen molar-refractivity contribution < 1.29 is 9.59 Å². The number of carbonyl (C=O) groups is 2. The van der Waals surface area contributed by atoms with Crippen molar-refractivity contribution in [1.29, 1.82) is 0 Å². The second kappa shape index (κ2) is 6.07. The molecule has 1 fully saturated rings. The van der Waals surface area contributed by atoms with Gasteiger partial charge in [-0.1, -0.05) is 13.8 Å². The minimum Gasteiger partial charge on any atom is -0.331 e. The molecule has 1 aliphatic heterocycles. The van der Waals surface area contributed by atoms with Crippen LogP contribution >= 0.6 is 0 Å². The van der Waals surface area contributed by atoms with Crippen LogP contribution in [0.25, 0.3) is 0 Å². The molecule has 0 radical (unpaired) electrons. The number of carbonyl (C=O) groups excluding carboxylic acids is 2. The SMILES string of the molecule is CCc1[nH]nc(NC(=O)[C@@H](CC)N2CCCC2=O)c1C. The van der Waals surface area contributed by atoms with Crippen molar-refractivity contribution in [3.63, 3.8) is 0 Å². The number of nitrogens with one attached hydrogen (secondary N) is 2. The van der Waals surface area contributed by atoms with Crippen LogP contribution in [-0.2, 0) is 16.0 Å². The Morgan fingerprint density at radius 1 is 1.50 bits per heavy atom. The van der Waals surface area contributed by atoms with Gasteiger partial charge in [0.2, 0.25) is 11.8 Å². The Labute approximate surface area is 118 Å². The summed E-state index contributed by atoms with van der Waals surface area (Å²) >= 11 is 0. The van der Waals surface area contributed by atoms with Crippen LogP contribution in [0.4, 0.5) is 5.82 Å². The third kappa shape index (κ3) is 2.69. The maximum Gasteiger partial charge on any atom is 0.248 e. The Hall–Kier alpha value is -1.85. The number of aromatic nitrogens is 2. The molecule has 1 saturated heterocycles. The van der Waals surface area contributed by atoms with E-state index in [2.05, 4.69) is 15.5 Å². The van der Waals surface area contributed by atoms with Crippen molar-refractivity contribution in [2.24, 2.45) is 0 Å². The third-order valence-electron chi connectivity index (χ3n) is 3.88. The summed E-state index contributed by atoms with van der Waals surface area (Å²) in [7, 11) is 0. The maximum absolute atomic E-state index is 12.4. The lowest BCUT2D eigenvalue weighted by Crippen LogP contribution is -2.44. The molecular weight excluding hydrogens is 256 g/mol. The van der Waals surface area contributed by atoms with E-state index in [1.165, 1.54) is 0 Å². The predicted molar refractivity (Wildman–Crippen MR) is 76.4 cm³/mol. The maximum atomic E-state index is 12.4. The molecule has 1 aliphatic rings. The van der Waals surface area contributed by atoms with E-state index in [-0.39, 0.29) is 11.8 Å². The van der Waals surface area contributed by atoms with Gasteiger partial charge in [0.1, 0.15) is 6.04 Å². The number of likely N-dealkylation sites (tertiary alicyclic amines) is 1. The van der Waals surface area contributed by atoms with Crippen LogP contribution in [0.2, 0.25) is 0 Å². The van der Waals surface area contributed by atoms with E-state index in [1.54, 1.807) is 4.90 Å². The van der Waals surface area contributed by atoms with E-state index in [0.717, 1.165) is 24.1 Å². The van der Waals surface area contributed by atoms with E-state index in [9.17, 15) is 9.59 Å². The average molecular weight is 278 g/mol. The lowest BCUT2D eigenvalue weighted by atomic mass is 10.1. The largest absolute Gasteiger partial charge is 0.331 e. The summed E-state index contributed by atoms with van der Waals surface area (Å²) < 4.78 is 0. The second-order valence-electron chi connectivity index (χ2n) is 5.13. The van der Waals surface area contributed by atoms with E-state index in [4.69, 9.17) is 0 Å². The number of anilines is 1. The number of hydrogen-bond donors (Lipinski definition) is 2. The first-order chi connectivity index (χ1) is 9.58. The normalized spacial score (nSPS) is 16.6. The van der Waals surface area contributed by atoms with Crippen molar-refractivity contribution in [3.05, 3.63) is 11.3 Å². The molecule has 0 spiro atoms. The lowest BCUT2D eigenvalue weighted by molar-refractivity contribution is -0.135. The average Bonchev–Trinajstić information content (AvgIpc) is 2.99. The number of aryl methyl sites for hydroxylation is 1. The summed E-state index contributed by atoms with van der Waals surface area (Å²) in [4.78, 5) is 25.8. The smallest absolute Gasteiger partial charge is 0.248 e. The summed E-state index contributed by atoms with van der Waals surface area (Å²) in [5.74, 6) is 0.483. The lowest BCUT2D eigenvalue weighted by Gasteiger charge is -2.25. The number of hydrogen-bond acceptors (Lipinski definition) is 3. The van der Waals surface area contributed by atoms with E-state index >= 15 is 0 Å². The van der Waals surface area contributed by atoms with Crippen LogP contribution in [0.3, 0.4) is 0 Å². The Morgan fingerprint density at radius 3 is 2.75 bits per heavy atom. The van der Waals surface area contributed by atoms with Crippen LogP contribution < -0.4 is 5.32 Å². The Morgan fingerprint density at radius 2 is 2.25 bits per heavy atom. The Bertz CT molecular complexity index is 509. The molecule has 0 aromatic carbocycles. The van der Waals surface area contributed by atoms with E-state index < -0.39 is 6.04 Å². The molecule has 6 nitrogen and oxygen atoms in total. The van der Waals surface area contributed by atoms with Crippen LogP contribution in [-0.4, -0.2) is 39.5 Å². The van der Waals surface area contributed by atoms with E-state index in [0.29, 0.717) is 25.2 Å². The first kappa shape index (κ1) is 14.6. The molecule has 1 aromatic rings. The highest BCUT2D eigenvalue weighted by Gasteiger charge is 2.32. The van der Waals surface area contributed by atoms with Crippen molar-refractivity contribution in [3.8, 4) is 0 Å². The molecule has 2 rings (SSSR count). The van der Waals surface area contributed by atoms with Gasteiger partial charge in [0.15, 0.2) is 5.82 Å². The Balaban J connectivity index is 2.09. The van der Waals surface area contributed by atoms with Crippen LogP contribution in [0.15, 0.2) is 0 Å². The number of rotatable bonds is 5. The molecule has 1 aromatic heterocycles. The van der Waals surface area contributed by atoms with Gasteiger partial charge in [0.05, 0.1) is 0 Å². The molecule has 2 N–H and O–H groups in total. The zero-order valence-corrected chi connectivity index (χ0v) is 12.3. The molecule has 2 amide bonds. The van der Waals surface area contributed by atoms with Crippen molar-refractivity contribution in [2.75, 3.05) is 11.9 Å². The van der Waals surface area contributed by atoms with Crippen molar-refractivity contribution in [1.82, 2.24) is 15.1 Å². The van der Waals surface area contributed by atoms with E-state index in [1.807, 2.05) is 20.8 Å². The summed E-state index contributed by atoms with van der Waals surface area (Å²) in [5.41, 5.74) is 1.98. The van der Waals surface area contributed by atoms with Crippen molar-refractivity contribution >= 4 is 17.6 Å². The minimum absolute atomic E-state index is 0.0694. The highest BCUT2D eigenvalue weighted by Crippen LogP contribution is 2.19. The van der Waals surface area contributed by atoms with Gasteiger partial charge in [0, 0.05) is 24.2 Å². The van der Waals surface area contributed by atoms with Gasteiger partial charge in [-0.3, -0.25) is 14.7 Å². The van der Waals surface area contributed by atoms with Gasteiger partial charge in [0.25, 0.3) is 0 Å². The Kier molecular flexibility index (Phi) is 4.42. The number of nitrogens with zero attached hydrogens (tertiary/aromatic N) is 2. The molecule has 1 atom stereocenters. The molecule has 0 bridgehead atoms. The molecule has 0 saturated carbocycles. The second-order valence-corrected chi connectivity index (χ2v) is 5.13. The highest BCUT2D eigenvalue weighted by atomic mass is 16.2. The van der Waals surface area contributed by atoms with Crippen LogP contribution in [0.5, 0.6) is 0 Å². The third-order valence-corrected chi connectivity index (χ3v) is 3.88. The fraction of sp³-hybridized carbons (Fsp3) is 0.643. The number of amides is 2. The highest BCUT2D eigenvalue weighted by molar-refractivity contribution is 5.97. The first-order valence-corrected chi connectivity index (χ1v) is 7.22. The zero-order valence-electron chi connectivity index (χ0n) is 12.3. The van der Waals surface area contributed by atoms with Gasteiger partial charge in [-0.15, -0.1) is 0 Å². The fourth-order valence-electron chi connectivity index (χ4n) is 2.65. The van der Waals surface area contributed by atoms with Crippen LogP contribution in [0.1, 0.15) is 44.4 Å². The first-order valence-electron chi connectivity index (χ1n) is 7.22. The molecule has 0 aliphatic carbocycles. The zero-order chi connectivity index (χ0) is 14.7. The monoisotopic (exact) mass is 278 g/mol. The van der Waals surface area contributed by atoms with Gasteiger partial charge < -0.3 is 10.2 Å². The number of aromatic amines is 1. The van der Waals surface area contributed by atoms with Gasteiger partial charge >= 0.3 is 0 Å². The quantitative estimate of drug-likeness (QED) is 0.859. The standard InChI is InChI=1S/C14H22N4O2/c1-4-10-9(3)13(17-16-10)15-14(20)11(5-2)18-8-6-7-12(18)19/h11H,4-8H2,1-3H3,(H2,15,16,17,20)/t11-/m1/s1. The molecule has 110 valence electrons. The molecule has 20 heavy (non-hydrogen) atoms. The summed E-state index contributed by atoms with van der Waals surface area (Å²) in [6.07, 6.45) is 2.84. The summed E-state index contributed by atoms with van der Waals surface area (Å²) in [6.45, 7) is 6.55. The van der Waals surface area contributed by atoms with Gasteiger partial charge in [-0.25, -0.2) is 0 Å². The molecular formula is C14H22N4O2. The van der Waals surface area contributed by atoms with Gasteiger partial charge in [-0.2, -0.15) is 5.10 Å². The van der Waals surface area contributed by atoms with Crippen molar-refractivity contribution in [2.45, 2.75) is 52.5 Å². The van der Waals surface area contributed by atoms with Gasteiger partial charge in [-0.05, 0) is 26.2 Å². The topological polar surface area (TPSA) is 78.1 Å². The molecule has 6 heteroatoms. The molecule has 0 unspecified atom stereocenters. The van der Waals surface area contributed by atoms with Crippen LogP contribution in [0, 0.1) is 6.92 Å². The summed E-state index contributed by atoms with van der Waals surface area (Å²) in [6, 6.07) is -0.397. The minimum atomic E-state index is -0.397. The molecule has 2 heterocycles. The predicted octanol–water partition coefficient (Wildman–Crippen LogP) is 1.62.